The lowest BCUT2D eigenvalue weighted by molar-refractivity contribution is 0.135. The Hall–Kier alpha value is -2.45. The van der Waals surface area contributed by atoms with E-state index in [2.05, 4.69) is 25.1 Å². The van der Waals surface area contributed by atoms with Gasteiger partial charge in [-0.1, -0.05) is 12.1 Å². The second-order valence-electron chi connectivity index (χ2n) is 7.60. The predicted octanol–water partition coefficient (Wildman–Crippen LogP) is 1.85. The number of aliphatic hydroxyl groups excluding tert-OH is 1. The maximum absolute atomic E-state index is 13.2. The van der Waals surface area contributed by atoms with Gasteiger partial charge in [-0.15, -0.1) is 0 Å². The van der Waals surface area contributed by atoms with Crippen LogP contribution in [0.2, 0.25) is 0 Å². The fourth-order valence-corrected chi connectivity index (χ4v) is 3.68. The van der Waals surface area contributed by atoms with Crippen molar-refractivity contribution in [2.75, 3.05) is 42.2 Å². The maximum Gasteiger partial charge on any atom is 0.223 e. The van der Waals surface area contributed by atoms with Crippen LogP contribution in [0.25, 0.3) is 0 Å². The first-order chi connectivity index (χ1) is 13.6. The van der Waals surface area contributed by atoms with Crippen LogP contribution in [-0.2, 0) is 6.54 Å². The van der Waals surface area contributed by atoms with E-state index in [1.165, 1.54) is 25.0 Å². The van der Waals surface area contributed by atoms with Crippen LogP contribution in [0.4, 0.5) is 22.0 Å². The summed E-state index contributed by atoms with van der Waals surface area (Å²) in [4.78, 5) is 13.3. The Kier molecular flexibility index (Phi) is 5.59. The van der Waals surface area contributed by atoms with Gasteiger partial charge in [0.05, 0.1) is 0 Å². The molecular formula is C20H27FN6O. The van der Waals surface area contributed by atoms with E-state index in [1.807, 2.05) is 18.2 Å². The lowest BCUT2D eigenvalue weighted by Crippen LogP contribution is -2.53. The second-order valence-corrected chi connectivity index (χ2v) is 7.60. The number of nitrogens with zero attached hydrogens (tertiary/aromatic N) is 4. The molecule has 1 atom stereocenters. The number of benzene rings is 1. The summed E-state index contributed by atoms with van der Waals surface area (Å²) in [6.07, 6.45) is 3.01. The van der Waals surface area contributed by atoms with Gasteiger partial charge in [-0.3, -0.25) is 4.90 Å². The van der Waals surface area contributed by atoms with Crippen LogP contribution in [0.5, 0.6) is 0 Å². The molecule has 1 saturated carbocycles. The van der Waals surface area contributed by atoms with E-state index in [4.69, 9.17) is 5.73 Å². The van der Waals surface area contributed by atoms with Crippen molar-refractivity contribution in [3.05, 3.63) is 41.7 Å². The zero-order chi connectivity index (χ0) is 19.5. The molecule has 150 valence electrons. The van der Waals surface area contributed by atoms with Crippen LogP contribution >= 0.6 is 0 Å². The van der Waals surface area contributed by atoms with E-state index >= 15 is 0 Å². The van der Waals surface area contributed by atoms with E-state index in [0.717, 1.165) is 43.4 Å². The molecular weight excluding hydrogens is 359 g/mol. The third kappa shape index (κ3) is 4.69. The smallest absolute Gasteiger partial charge is 0.223 e. The topological polar surface area (TPSA) is 90.5 Å². The van der Waals surface area contributed by atoms with Gasteiger partial charge in [-0.25, -0.2) is 4.39 Å². The second kappa shape index (κ2) is 8.28. The maximum atomic E-state index is 13.2. The van der Waals surface area contributed by atoms with Gasteiger partial charge in [0.2, 0.25) is 5.95 Å². The molecule has 1 aromatic heterocycles. The zero-order valence-electron chi connectivity index (χ0n) is 15.9. The van der Waals surface area contributed by atoms with Gasteiger partial charge in [0.25, 0.3) is 0 Å². The number of halogens is 1. The predicted molar refractivity (Wildman–Crippen MR) is 108 cm³/mol. The minimum absolute atomic E-state index is 0.124. The minimum atomic E-state index is -0.225. The Labute approximate surface area is 164 Å². The molecule has 2 aliphatic rings. The highest BCUT2D eigenvalue weighted by atomic mass is 19.1. The Balaban J connectivity index is 1.46. The lowest BCUT2D eigenvalue weighted by atomic mass is 10.1. The van der Waals surface area contributed by atoms with Crippen LogP contribution < -0.4 is 16.0 Å². The largest absolute Gasteiger partial charge is 0.396 e. The van der Waals surface area contributed by atoms with Crippen LogP contribution in [0, 0.1) is 5.82 Å². The number of anilines is 3. The van der Waals surface area contributed by atoms with Gasteiger partial charge >= 0.3 is 0 Å². The standard InChI is InChI=1S/C20H27FN6O/c21-15-3-1-14(2-4-15)12-26-8-9-27(13-17(26)7-10-28)19-11-18(23-16-5-6-16)24-20(22)25-19/h1-4,11,16-17,28H,5-10,12-13H2,(H3,22,23,24,25)/t17-/m0/s1. The fraction of sp³-hybridized carbons (Fsp3) is 0.500. The van der Waals surface area contributed by atoms with Crippen LogP contribution in [0.3, 0.4) is 0 Å². The molecule has 0 radical (unpaired) electrons. The van der Waals surface area contributed by atoms with E-state index in [0.29, 0.717) is 12.5 Å². The van der Waals surface area contributed by atoms with Crippen molar-refractivity contribution in [1.82, 2.24) is 14.9 Å². The number of nitrogen functional groups attached to an aromatic ring is 1. The van der Waals surface area contributed by atoms with Crippen LogP contribution in [0.15, 0.2) is 30.3 Å². The lowest BCUT2D eigenvalue weighted by Gasteiger charge is -2.42. The molecule has 2 fully saturated rings. The quantitative estimate of drug-likeness (QED) is 0.669. The van der Waals surface area contributed by atoms with Gasteiger partial charge < -0.3 is 21.1 Å². The van der Waals surface area contributed by atoms with Crippen LogP contribution in [-0.4, -0.2) is 58.3 Å². The summed E-state index contributed by atoms with van der Waals surface area (Å²) in [6.45, 7) is 3.25. The third-order valence-electron chi connectivity index (χ3n) is 5.35. The average molecular weight is 386 g/mol. The average Bonchev–Trinajstić information content (AvgIpc) is 3.48. The number of aromatic nitrogens is 2. The molecule has 7 nitrogen and oxygen atoms in total. The molecule has 1 saturated heterocycles. The molecule has 2 aromatic rings. The Bertz CT molecular complexity index is 798. The van der Waals surface area contributed by atoms with Gasteiger partial charge in [-0.2, -0.15) is 9.97 Å². The summed E-state index contributed by atoms with van der Waals surface area (Å²) >= 11 is 0. The minimum Gasteiger partial charge on any atom is -0.396 e. The molecule has 4 rings (SSSR count). The molecule has 4 N–H and O–H groups in total. The first kappa shape index (κ1) is 18.9. The number of hydrogen-bond donors (Lipinski definition) is 3. The van der Waals surface area contributed by atoms with Crippen molar-refractivity contribution in [1.29, 1.82) is 0 Å². The molecule has 28 heavy (non-hydrogen) atoms. The first-order valence-corrected chi connectivity index (χ1v) is 9.86. The number of rotatable bonds is 7. The molecule has 0 bridgehead atoms. The molecule has 1 aliphatic heterocycles. The number of aliphatic hydroxyl groups is 1. The van der Waals surface area contributed by atoms with Crippen molar-refractivity contribution in [3.63, 3.8) is 0 Å². The van der Waals surface area contributed by atoms with E-state index < -0.39 is 0 Å². The van der Waals surface area contributed by atoms with E-state index in [9.17, 15) is 9.50 Å². The molecule has 0 spiro atoms. The fourth-order valence-electron chi connectivity index (χ4n) is 3.68. The molecule has 0 unspecified atom stereocenters. The van der Waals surface area contributed by atoms with E-state index in [1.54, 1.807) is 0 Å². The number of nitrogens with two attached hydrogens (primary N) is 1. The van der Waals surface area contributed by atoms with Crippen molar-refractivity contribution >= 4 is 17.6 Å². The van der Waals surface area contributed by atoms with Gasteiger partial charge in [0, 0.05) is 50.9 Å². The van der Waals surface area contributed by atoms with Crippen molar-refractivity contribution in [2.24, 2.45) is 0 Å². The zero-order valence-corrected chi connectivity index (χ0v) is 15.9. The Morgan fingerprint density at radius 3 is 2.68 bits per heavy atom. The first-order valence-electron chi connectivity index (χ1n) is 9.86. The Morgan fingerprint density at radius 1 is 1.18 bits per heavy atom. The van der Waals surface area contributed by atoms with E-state index in [-0.39, 0.29) is 24.4 Å². The summed E-state index contributed by atoms with van der Waals surface area (Å²) in [7, 11) is 0. The monoisotopic (exact) mass is 386 g/mol. The molecule has 8 heteroatoms. The molecule has 1 aromatic carbocycles. The third-order valence-corrected chi connectivity index (χ3v) is 5.35. The highest BCUT2D eigenvalue weighted by Crippen LogP contribution is 2.27. The van der Waals surface area contributed by atoms with Gasteiger partial charge in [0.15, 0.2) is 0 Å². The normalized spacial score (nSPS) is 20.4. The molecule has 1 aliphatic carbocycles. The number of hydrogen-bond acceptors (Lipinski definition) is 7. The van der Waals surface area contributed by atoms with Crippen LogP contribution in [0.1, 0.15) is 24.8 Å². The number of nitrogens with one attached hydrogen (secondary N) is 1. The summed E-state index contributed by atoms with van der Waals surface area (Å²) in [5.41, 5.74) is 7.00. The summed E-state index contributed by atoms with van der Waals surface area (Å²) in [5.74, 6) is 1.64. The summed E-state index contributed by atoms with van der Waals surface area (Å²) in [6, 6.07) is 9.25. The summed E-state index contributed by atoms with van der Waals surface area (Å²) < 4.78 is 13.2. The molecule has 2 heterocycles. The molecule has 0 amide bonds. The summed E-state index contributed by atoms with van der Waals surface area (Å²) in [5, 5.41) is 12.9. The van der Waals surface area contributed by atoms with Gasteiger partial charge in [0.1, 0.15) is 17.5 Å². The highest BCUT2D eigenvalue weighted by molar-refractivity contribution is 5.53. The Morgan fingerprint density at radius 2 is 1.96 bits per heavy atom. The van der Waals surface area contributed by atoms with Crippen molar-refractivity contribution < 1.29 is 9.50 Å². The van der Waals surface area contributed by atoms with Crippen molar-refractivity contribution in [2.45, 2.75) is 37.9 Å². The SMILES string of the molecule is Nc1nc(NC2CC2)cc(N2CCN(Cc3ccc(F)cc3)[C@@H](CCO)C2)n1. The van der Waals surface area contributed by atoms with Gasteiger partial charge in [-0.05, 0) is 37.0 Å². The number of piperazine rings is 1. The highest BCUT2D eigenvalue weighted by Gasteiger charge is 2.28. The van der Waals surface area contributed by atoms with Crippen molar-refractivity contribution in [3.8, 4) is 0 Å².